The van der Waals surface area contributed by atoms with E-state index < -0.39 is 11.6 Å². The third kappa shape index (κ3) is 2.94. The quantitative estimate of drug-likeness (QED) is 0.870. The van der Waals surface area contributed by atoms with Crippen LogP contribution >= 0.6 is 0 Å². The molecule has 94 valence electrons. The Bertz CT molecular complexity index is 382. The third-order valence-corrected chi connectivity index (χ3v) is 3.14. The van der Waals surface area contributed by atoms with Crippen LogP contribution < -0.4 is 10.2 Å². The molecule has 1 aromatic rings. The monoisotopic (exact) mass is 240 g/mol. The molecule has 4 heteroatoms. The molecule has 1 heterocycles. The van der Waals surface area contributed by atoms with Crippen LogP contribution in [0.5, 0.6) is 0 Å². The Morgan fingerprint density at radius 3 is 2.88 bits per heavy atom. The Hall–Kier alpha value is -1.16. The first kappa shape index (κ1) is 12.3. The molecule has 1 N–H and O–H groups in total. The maximum atomic E-state index is 13.1. The molecule has 0 spiro atoms. The smallest absolute Gasteiger partial charge is 0.160 e. The summed E-state index contributed by atoms with van der Waals surface area (Å²) in [6, 6.07) is 4.57. The molecule has 0 aromatic heterocycles. The summed E-state index contributed by atoms with van der Waals surface area (Å²) in [7, 11) is 0. The van der Waals surface area contributed by atoms with Gasteiger partial charge < -0.3 is 10.2 Å². The van der Waals surface area contributed by atoms with Crippen LogP contribution in [0.4, 0.5) is 14.5 Å². The van der Waals surface area contributed by atoms with E-state index >= 15 is 0 Å². The predicted molar refractivity (Wildman–Crippen MR) is 65.3 cm³/mol. The van der Waals surface area contributed by atoms with Crippen molar-refractivity contribution in [2.45, 2.75) is 25.8 Å². The molecule has 1 aromatic carbocycles. The zero-order valence-corrected chi connectivity index (χ0v) is 10.0. The first-order valence-electron chi connectivity index (χ1n) is 6.14. The van der Waals surface area contributed by atoms with Gasteiger partial charge in [-0.2, -0.15) is 0 Å². The van der Waals surface area contributed by atoms with E-state index in [0.717, 1.165) is 38.2 Å². The topological polar surface area (TPSA) is 15.3 Å². The maximum Gasteiger partial charge on any atom is 0.160 e. The normalized spacial score (nSPS) is 19.9. The van der Waals surface area contributed by atoms with Gasteiger partial charge in [0.1, 0.15) is 0 Å². The molecule has 0 radical (unpaired) electrons. The lowest BCUT2D eigenvalue weighted by Crippen LogP contribution is -2.32. The second kappa shape index (κ2) is 5.45. The lowest BCUT2D eigenvalue weighted by atomic mass is 10.2. The molecular weight excluding hydrogens is 222 g/mol. The Morgan fingerprint density at radius 1 is 1.35 bits per heavy atom. The van der Waals surface area contributed by atoms with E-state index in [2.05, 4.69) is 17.1 Å². The molecule has 0 bridgehead atoms. The summed E-state index contributed by atoms with van der Waals surface area (Å²) in [6.45, 7) is 4.91. The number of anilines is 1. The van der Waals surface area contributed by atoms with Gasteiger partial charge in [0.25, 0.3) is 0 Å². The summed E-state index contributed by atoms with van der Waals surface area (Å²) >= 11 is 0. The molecule has 0 saturated carbocycles. The van der Waals surface area contributed by atoms with Gasteiger partial charge in [0, 0.05) is 30.9 Å². The molecule has 1 unspecified atom stereocenters. The lowest BCUT2D eigenvalue weighted by molar-refractivity contribution is 0.508. The lowest BCUT2D eigenvalue weighted by Gasteiger charge is -2.19. The number of nitrogens with one attached hydrogen (secondary N) is 1. The predicted octanol–water partition coefficient (Wildman–Crippen LogP) is 2.54. The molecular formula is C13H18F2N2. The van der Waals surface area contributed by atoms with E-state index in [1.807, 2.05) is 0 Å². The van der Waals surface area contributed by atoms with Crippen molar-refractivity contribution >= 4 is 5.69 Å². The van der Waals surface area contributed by atoms with Crippen LogP contribution in [0.1, 0.15) is 19.8 Å². The molecule has 1 saturated heterocycles. The van der Waals surface area contributed by atoms with Gasteiger partial charge in [-0.1, -0.05) is 6.92 Å². The molecule has 1 atom stereocenters. The molecule has 1 fully saturated rings. The molecule has 17 heavy (non-hydrogen) atoms. The molecule has 1 aliphatic rings. The zero-order chi connectivity index (χ0) is 12.3. The van der Waals surface area contributed by atoms with E-state index in [1.54, 1.807) is 6.07 Å². The number of benzene rings is 1. The fourth-order valence-electron chi connectivity index (χ4n) is 2.19. The van der Waals surface area contributed by atoms with Crippen LogP contribution in [0.15, 0.2) is 18.2 Å². The van der Waals surface area contributed by atoms with Crippen LogP contribution in [0.25, 0.3) is 0 Å². The van der Waals surface area contributed by atoms with Crippen LogP contribution in [0, 0.1) is 11.6 Å². The second-order valence-corrected chi connectivity index (χ2v) is 4.48. The van der Waals surface area contributed by atoms with Crippen molar-refractivity contribution in [3.05, 3.63) is 29.8 Å². The van der Waals surface area contributed by atoms with Gasteiger partial charge in [-0.15, -0.1) is 0 Å². The number of rotatable bonds is 4. The molecule has 0 aliphatic carbocycles. The Labute approximate surface area is 101 Å². The van der Waals surface area contributed by atoms with E-state index in [-0.39, 0.29) is 0 Å². The largest absolute Gasteiger partial charge is 0.370 e. The highest BCUT2D eigenvalue weighted by molar-refractivity contribution is 5.48. The highest BCUT2D eigenvalue weighted by Crippen LogP contribution is 2.22. The highest BCUT2D eigenvalue weighted by atomic mass is 19.2. The summed E-state index contributed by atoms with van der Waals surface area (Å²) < 4.78 is 25.9. The fraction of sp³-hybridized carbons (Fsp3) is 0.538. The van der Waals surface area contributed by atoms with Crippen molar-refractivity contribution < 1.29 is 8.78 Å². The summed E-state index contributed by atoms with van der Waals surface area (Å²) in [4.78, 5) is 2.09. The Morgan fingerprint density at radius 2 is 2.18 bits per heavy atom. The summed E-state index contributed by atoms with van der Waals surface area (Å²) in [5, 5.41) is 3.45. The molecule has 2 nitrogen and oxygen atoms in total. The van der Waals surface area contributed by atoms with Crippen LogP contribution in [-0.4, -0.2) is 25.7 Å². The van der Waals surface area contributed by atoms with Crippen LogP contribution in [0.2, 0.25) is 0 Å². The number of hydrogen-bond donors (Lipinski definition) is 1. The summed E-state index contributed by atoms with van der Waals surface area (Å²) in [6.07, 6.45) is 2.17. The molecule has 2 rings (SSSR count). The van der Waals surface area contributed by atoms with Gasteiger partial charge in [-0.05, 0) is 31.5 Å². The number of halogens is 2. The van der Waals surface area contributed by atoms with Crippen molar-refractivity contribution in [1.82, 2.24) is 5.32 Å². The Balaban J connectivity index is 1.97. The van der Waals surface area contributed by atoms with Crippen molar-refractivity contribution in [3.8, 4) is 0 Å². The maximum absolute atomic E-state index is 13.1. The number of nitrogens with zero attached hydrogens (tertiary/aromatic N) is 1. The van der Waals surface area contributed by atoms with Gasteiger partial charge >= 0.3 is 0 Å². The SMILES string of the molecule is CCCNC1CCN(c2ccc(F)c(F)c2)C1. The Kier molecular flexibility index (Phi) is 3.94. The van der Waals surface area contributed by atoms with Crippen molar-refractivity contribution in [3.63, 3.8) is 0 Å². The minimum absolute atomic E-state index is 0.461. The third-order valence-electron chi connectivity index (χ3n) is 3.14. The van der Waals surface area contributed by atoms with E-state index in [4.69, 9.17) is 0 Å². The fourth-order valence-corrected chi connectivity index (χ4v) is 2.19. The first-order chi connectivity index (χ1) is 8.20. The molecule has 1 aliphatic heterocycles. The highest BCUT2D eigenvalue weighted by Gasteiger charge is 2.22. The van der Waals surface area contributed by atoms with E-state index in [1.165, 1.54) is 12.1 Å². The minimum Gasteiger partial charge on any atom is -0.370 e. The average Bonchev–Trinajstić information content (AvgIpc) is 2.79. The van der Waals surface area contributed by atoms with Crippen molar-refractivity contribution in [1.29, 1.82) is 0 Å². The van der Waals surface area contributed by atoms with Gasteiger partial charge in [-0.3, -0.25) is 0 Å². The zero-order valence-electron chi connectivity index (χ0n) is 10.0. The van der Waals surface area contributed by atoms with E-state index in [9.17, 15) is 8.78 Å². The van der Waals surface area contributed by atoms with Crippen molar-refractivity contribution in [2.75, 3.05) is 24.5 Å². The van der Waals surface area contributed by atoms with Crippen LogP contribution in [0.3, 0.4) is 0 Å². The van der Waals surface area contributed by atoms with Gasteiger partial charge in [0.15, 0.2) is 11.6 Å². The van der Waals surface area contributed by atoms with Crippen molar-refractivity contribution in [2.24, 2.45) is 0 Å². The standard InChI is InChI=1S/C13H18F2N2/c1-2-6-16-10-5-7-17(9-10)11-3-4-12(14)13(15)8-11/h3-4,8,10,16H,2,5-7,9H2,1H3. The summed E-state index contributed by atoms with van der Waals surface area (Å²) in [5.74, 6) is -1.55. The average molecular weight is 240 g/mol. The number of hydrogen-bond acceptors (Lipinski definition) is 2. The molecule has 0 amide bonds. The van der Waals surface area contributed by atoms with Gasteiger partial charge in [0.2, 0.25) is 0 Å². The minimum atomic E-state index is -0.784. The second-order valence-electron chi connectivity index (χ2n) is 4.48. The first-order valence-corrected chi connectivity index (χ1v) is 6.14. The van der Waals surface area contributed by atoms with E-state index in [0.29, 0.717) is 6.04 Å². The van der Waals surface area contributed by atoms with Gasteiger partial charge in [-0.25, -0.2) is 8.78 Å². The van der Waals surface area contributed by atoms with Crippen LogP contribution in [-0.2, 0) is 0 Å². The summed E-state index contributed by atoms with van der Waals surface area (Å²) in [5.41, 5.74) is 0.768. The van der Waals surface area contributed by atoms with Gasteiger partial charge in [0.05, 0.1) is 0 Å².